The SMILES string of the molecule is Cc1cc2c(c(-n3c(O)c4ccccc4c3O)c1C)=NC(=O)N=2. The molecular weight excluding hydrogens is 294 g/mol. The van der Waals surface area contributed by atoms with Crippen molar-refractivity contribution in [3.8, 4) is 17.4 Å². The minimum absolute atomic E-state index is 0.0939. The number of aromatic nitrogens is 1. The van der Waals surface area contributed by atoms with Crippen LogP contribution in [-0.2, 0) is 0 Å². The summed E-state index contributed by atoms with van der Waals surface area (Å²) < 4.78 is 1.32. The first-order valence-corrected chi connectivity index (χ1v) is 7.12. The lowest BCUT2D eigenvalue weighted by Crippen LogP contribution is -2.28. The van der Waals surface area contributed by atoms with Gasteiger partial charge in [-0.15, -0.1) is 0 Å². The number of benzene rings is 2. The number of carbonyl (C=O) groups excluding carboxylic acids is 1. The maximum atomic E-state index is 11.6. The minimum atomic E-state index is -0.582. The molecule has 23 heavy (non-hydrogen) atoms. The molecule has 2 N–H and O–H groups in total. The van der Waals surface area contributed by atoms with Crippen molar-refractivity contribution in [2.45, 2.75) is 13.8 Å². The van der Waals surface area contributed by atoms with Crippen molar-refractivity contribution in [3.63, 3.8) is 0 Å². The summed E-state index contributed by atoms with van der Waals surface area (Å²) in [5, 5.41) is 23.0. The fourth-order valence-corrected chi connectivity index (χ4v) is 2.99. The molecule has 0 radical (unpaired) electrons. The molecule has 0 bridgehead atoms. The Morgan fingerprint density at radius 2 is 1.61 bits per heavy atom. The largest absolute Gasteiger partial charge is 0.494 e. The van der Waals surface area contributed by atoms with Crippen molar-refractivity contribution in [2.24, 2.45) is 9.98 Å². The molecule has 1 aliphatic heterocycles. The number of amides is 2. The second-order valence-electron chi connectivity index (χ2n) is 5.57. The van der Waals surface area contributed by atoms with Crippen LogP contribution in [0.25, 0.3) is 16.5 Å². The Morgan fingerprint density at radius 1 is 1.00 bits per heavy atom. The molecule has 1 aliphatic rings. The predicted octanol–water partition coefficient (Wildman–Crippen LogP) is 2.03. The number of hydrogen-bond donors (Lipinski definition) is 2. The van der Waals surface area contributed by atoms with Gasteiger partial charge < -0.3 is 10.2 Å². The molecule has 4 rings (SSSR count). The predicted molar refractivity (Wildman–Crippen MR) is 83.8 cm³/mol. The van der Waals surface area contributed by atoms with Crippen molar-refractivity contribution >= 4 is 16.8 Å². The van der Waals surface area contributed by atoms with Gasteiger partial charge in [0.25, 0.3) is 0 Å². The quantitative estimate of drug-likeness (QED) is 0.721. The molecule has 0 unspecified atom stereocenters. The van der Waals surface area contributed by atoms with E-state index in [0.29, 0.717) is 27.2 Å². The van der Waals surface area contributed by atoms with Gasteiger partial charge >= 0.3 is 6.03 Å². The summed E-state index contributed by atoms with van der Waals surface area (Å²) in [6, 6.07) is 8.20. The molecule has 0 spiro atoms. The molecule has 2 heterocycles. The molecule has 0 aliphatic carbocycles. The number of aryl methyl sites for hydroxylation is 1. The van der Waals surface area contributed by atoms with Crippen LogP contribution in [0, 0.1) is 13.8 Å². The zero-order chi connectivity index (χ0) is 16.3. The third-order valence-electron chi connectivity index (χ3n) is 4.25. The van der Waals surface area contributed by atoms with Gasteiger partial charge in [0.15, 0.2) is 0 Å². The van der Waals surface area contributed by atoms with E-state index in [-0.39, 0.29) is 11.8 Å². The first-order chi connectivity index (χ1) is 11.0. The highest BCUT2D eigenvalue weighted by molar-refractivity contribution is 5.94. The van der Waals surface area contributed by atoms with Gasteiger partial charge in [0.1, 0.15) is 5.36 Å². The molecule has 6 nitrogen and oxygen atoms in total. The highest BCUT2D eigenvalue weighted by Gasteiger charge is 2.22. The Labute approximate surface area is 130 Å². The fraction of sp³-hybridized carbons (Fsp3) is 0.118. The molecule has 0 saturated carbocycles. The van der Waals surface area contributed by atoms with Gasteiger partial charge in [0, 0.05) is 10.8 Å². The third kappa shape index (κ3) is 1.72. The van der Waals surface area contributed by atoms with Gasteiger partial charge in [-0.1, -0.05) is 12.1 Å². The lowest BCUT2D eigenvalue weighted by atomic mass is 10.1. The lowest BCUT2D eigenvalue weighted by Gasteiger charge is -2.12. The van der Waals surface area contributed by atoms with E-state index in [1.165, 1.54) is 4.57 Å². The molecule has 6 heteroatoms. The number of rotatable bonds is 1. The number of nitrogens with zero attached hydrogens (tertiary/aromatic N) is 3. The van der Waals surface area contributed by atoms with Crippen molar-refractivity contribution in [2.75, 3.05) is 0 Å². The van der Waals surface area contributed by atoms with Gasteiger partial charge in [0.2, 0.25) is 11.8 Å². The minimum Gasteiger partial charge on any atom is -0.494 e. The van der Waals surface area contributed by atoms with E-state index in [1.807, 2.05) is 13.8 Å². The summed E-state index contributed by atoms with van der Waals surface area (Å²) in [7, 11) is 0. The van der Waals surface area contributed by atoms with E-state index < -0.39 is 6.03 Å². The third-order valence-corrected chi connectivity index (χ3v) is 4.25. The van der Waals surface area contributed by atoms with Gasteiger partial charge in [-0.25, -0.2) is 9.36 Å². The van der Waals surface area contributed by atoms with Crippen LogP contribution in [0.5, 0.6) is 11.8 Å². The molecule has 0 atom stereocenters. The van der Waals surface area contributed by atoms with E-state index in [9.17, 15) is 15.0 Å². The molecule has 1 aromatic heterocycles. The van der Waals surface area contributed by atoms with Crippen molar-refractivity contribution in [1.29, 1.82) is 0 Å². The van der Waals surface area contributed by atoms with Gasteiger partial charge in [-0.05, 0) is 43.2 Å². The fourth-order valence-electron chi connectivity index (χ4n) is 2.99. The number of urea groups is 1. The molecule has 2 aromatic carbocycles. The highest BCUT2D eigenvalue weighted by atomic mass is 16.3. The maximum Gasteiger partial charge on any atom is 0.368 e. The highest BCUT2D eigenvalue weighted by Crippen LogP contribution is 2.38. The van der Waals surface area contributed by atoms with Crippen LogP contribution in [0.4, 0.5) is 4.79 Å². The van der Waals surface area contributed by atoms with Gasteiger partial charge in [0.05, 0.1) is 11.0 Å². The van der Waals surface area contributed by atoms with Crippen molar-refractivity contribution in [1.82, 2.24) is 4.57 Å². The Hall–Kier alpha value is -3.15. The van der Waals surface area contributed by atoms with Crippen LogP contribution >= 0.6 is 0 Å². The normalized spacial score (nSPS) is 13.0. The van der Waals surface area contributed by atoms with Crippen LogP contribution < -0.4 is 10.7 Å². The first-order valence-electron chi connectivity index (χ1n) is 7.12. The van der Waals surface area contributed by atoms with E-state index >= 15 is 0 Å². The zero-order valence-electron chi connectivity index (χ0n) is 12.5. The first kappa shape index (κ1) is 13.5. The van der Waals surface area contributed by atoms with Gasteiger partial charge in [-0.3, -0.25) is 0 Å². The summed E-state index contributed by atoms with van der Waals surface area (Å²) in [5.74, 6) is -0.188. The zero-order valence-corrected chi connectivity index (χ0v) is 12.5. The average Bonchev–Trinajstić information content (AvgIpc) is 3.01. The van der Waals surface area contributed by atoms with Gasteiger partial charge in [-0.2, -0.15) is 9.98 Å². The summed E-state index contributed by atoms with van der Waals surface area (Å²) >= 11 is 0. The molecule has 0 saturated heterocycles. The summed E-state index contributed by atoms with van der Waals surface area (Å²) in [6.07, 6.45) is 0. The number of hydrogen-bond acceptors (Lipinski definition) is 3. The maximum absolute atomic E-state index is 11.6. The van der Waals surface area contributed by atoms with Crippen molar-refractivity contribution in [3.05, 3.63) is 52.2 Å². The molecule has 0 fully saturated rings. The molecule has 114 valence electrons. The Kier molecular flexibility index (Phi) is 2.60. The smallest absolute Gasteiger partial charge is 0.368 e. The van der Waals surface area contributed by atoms with Crippen LogP contribution in [0.2, 0.25) is 0 Å². The number of fused-ring (bicyclic) bond motifs is 2. The number of aromatic hydroxyl groups is 2. The van der Waals surface area contributed by atoms with E-state index in [4.69, 9.17) is 0 Å². The van der Waals surface area contributed by atoms with E-state index in [1.54, 1.807) is 30.3 Å². The molecule has 3 aromatic rings. The van der Waals surface area contributed by atoms with Crippen LogP contribution in [0.3, 0.4) is 0 Å². The average molecular weight is 307 g/mol. The van der Waals surface area contributed by atoms with Crippen LogP contribution in [0.1, 0.15) is 11.1 Å². The van der Waals surface area contributed by atoms with Crippen molar-refractivity contribution < 1.29 is 15.0 Å². The second-order valence-corrected chi connectivity index (χ2v) is 5.57. The Bertz CT molecular complexity index is 1090. The van der Waals surface area contributed by atoms with Crippen LogP contribution in [-0.4, -0.2) is 20.8 Å². The summed E-state index contributed by atoms with van der Waals surface area (Å²) in [6.45, 7) is 3.74. The Morgan fingerprint density at radius 3 is 2.22 bits per heavy atom. The Balaban J connectivity index is 2.23. The lowest BCUT2D eigenvalue weighted by molar-refractivity contribution is 0.256. The molecule has 2 amide bonds. The van der Waals surface area contributed by atoms with E-state index in [2.05, 4.69) is 9.98 Å². The van der Waals surface area contributed by atoms with E-state index in [0.717, 1.165) is 11.1 Å². The molecular formula is C17H13N3O3. The monoisotopic (exact) mass is 307 g/mol. The topological polar surface area (TPSA) is 87.2 Å². The standard InChI is InChI=1S/C17H13N3O3/c1-8-7-12-13(19-17(23)18-12)14(9(8)2)20-15(21)10-5-3-4-6-11(10)16(20)22/h3-7,21-22H,1-2H3. The number of carbonyl (C=O) groups is 1. The van der Waals surface area contributed by atoms with Crippen LogP contribution in [0.15, 0.2) is 40.3 Å². The summed E-state index contributed by atoms with van der Waals surface area (Å²) in [5.41, 5.74) is 2.17. The summed E-state index contributed by atoms with van der Waals surface area (Å²) in [4.78, 5) is 19.4. The second kappa shape index (κ2) is 4.42.